The highest BCUT2D eigenvalue weighted by Gasteiger charge is 2.34. The topological polar surface area (TPSA) is 26.3 Å². The molecule has 0 aliphatic carbocycles. The molecule has 0 amide bonds. The van der Waals surface area contributed by atoms with Gasteiger partial charge < -0.3 is 4.74 Å². The van der Waals surface area contributed by atoms with Crippen LogP contribution in [0.3, 0.4) is 0 Å². The minimum atomic E-state index is -0.303. The van der Waals surface area contributed by atoms with Crippen molar-refractivity contribution in [2.45, 2.75) is 26.9 Å². The molecule has 0 fully saturated rings. The van der Waals surface area contributed by atoms with E-state index >= 15 is 0 Å². The highest BCUT2D eigenvalue weighted by molar-refractivity contribution is 6.00. The Balaban J connectivity index is 1.95. The van der Waals surface area contributed by atoms with E-state index in [0.29, 0.717) is 5.56 Å². The van der Waals surface area contributed by atoms with Gasteiger partial charge in [-0.25, -0.2) is 4.79 Å². The molecule has 1 atom stereocenters. The number of rotatable bonds is 1. The van der Waals surface area contributed by atoms with Gasteiger partial charge in [-0.3, -0.25) is 0 Å². The predicted molar refractivity (Wildman–Crippen MR) is 91.9 cm³/mol. The van der Waals surface area contributed by atoms with Crippen LogP contribution in [0.15, 0.2) is 48.5 Å². The van der Waals surface area contributed by atoms with Crippen molar-refractivity contribution < 1.29 is 9.53 Å². The van der Waals surface area contributed by atoms with Gasteiger partial charge in [-0.1, -0.05) is 42.0 Å². The highest BCUT2D eigenvalue weighted by atomic mass is 16.5. The Kier molecular flexibility index (Phi) is 3.02. The zero-order valence-corrected chi connectivity index (χ0v) is 13.5. The van der Waals surface area contributed by atoms with Crippen molar-refractivity contribution >= 4 is 16.7 Å². The van der Waals surface area contributed by atoms with Crippen LogP contribution >= 0.6 is 0 Å². The lowest BCUT2D eigenvalue weighted by atomic mass is 9.90. The minimum Gasteiger partial charge on any atom is -0.449 e. The van der Waals surface area contributed by atoms with E-state index in [4.69, 9.17) is 4.74 Å². The van der Waals surface area contributed by atoms with Crippen LogP contribution in [0.25, 0.3) is 10.8 Å². The summed E-state index contributed by atoms with van der Waals surface area (Å²) in [6, 6.07) is 16.4. The predicted octanol–water partition coefficient (Wildman–Crippen LogP) is 5.02. The minimum absolute atomic E-state index is 0.227. The van der Waals surface area contributed by atoms with Gasteiger partial charge in [0.15, 0.2) is 6.10 Å². The second-order valence-corrected chi connectivity index (χ2v) is 6.38. The lowest BCUT2D eigenvalue weighted by molar-refractivity contribution is 0.0454. The van der Waals surface area contributed by atoms with Crippen LogP contribution in [0.5, 0.6) is 0 Å². The summed E-state index contributed by atoms with van der Waals surface area (Å²) in [6.45, 7) is 6.26. The molecule has 0 aromatic heterocycles. The molecule has 1 aliphatic rings. The van der Waals surface area contributed by atoms with E-state index in [9.17, 15) is 4.79 Å². The Morgan fingerprint density at radius 2 is 1.48 bits per heavy atom. The smallest absolute Gasteiger partial charge is 0.339 e. The average molecular weight is 302 g/mol. The number of aryl methyl sites for hydroxylation is 3. The summed E-state index contributed by atoms with van der Waals surface area (Å²) in [5, 5.41) is 2.21. The van der Waals surface area contributed by atoms with Crippen LogP contribution in [-0.2, 0) is 4.74 Å². The number of ether oxygens (including phenoxy) is 1. The number of fused-ring (bicyclic) bond motifs is 2. The molecular formula is C21H18O2. The summed E-state index contributed by atoms with van der Waals surface area (Å²) < 4.78 is 5.75. The van der Waals surface area contributed by atoms with Crippen molar-refractivity contribution in [1.82, 2.24) is 0 Å². The molecular weight excluding hydrogens is 284 g/mol. The van der Waals surface area contributed by atoms with E-state index in [0.717, 1.165) is 21.9 Å². The number of esters is 1. The number of hydrogen-bond donors (Lipinski definition) is 0. The number of carbonyl (C=O) groups is 1. The van der Waals surface area contributed by atoms with Gasteiger partial charge in [-0.15, -0.1) is 0 Å². The second kappa shape index (κ2) is 4.95. The van der Waals surface area contributed by atoms with Gasteiger partial charge in [0, 0.05) is 11.1 Å². The van der Waals surface area contributed by atoms with Crippen LogP contribution in [0.1, 0.15) is 44.3 Å². The quantitative estimate of drug-likeness (QED) is 0.590. The maximum absolute atomic E-state index is 12.4. The summed E-state index contributed by atoms with van der Waals surface area (Å²) >= 11 is 0. The Morgan fingerprint density at radius 1 is 0.870 bits per heavy atom. The van der Waals surface area contributed by atoms with Crippen molar-refractivity contribution in [1.29, 1.82) is 0 Å². The van der Waals surface area contributed by atoms with E-state index in [1.54, 1.807) is 0 Å². The molecule has 0 saturated heterocycles. The third kappa shape index (κ3) is 2.14. The maximum atomic E-state index is 12.4. The summed E-state index contributed by atoms with van der Waals surface area (Å²) in [5.41, 5.74) is 6.34. The van der Waals surface area contributed by atoms with E-state index < -0.39 is 0 Å². The number of benzene rings is 3. The number of cyclic esters (lactones) is 1. The van der Waals surface area contributed by atoms with Gasteiger partial charge in [0.25, 0.3) is 0 Å². The van der Waals surface area contributed by atoms with Crippen molar-refractivity contribution in [2.75, 3.05) is 0 Å². The van der Waals surface area contributed by atoms with E-state index in [1.807, 2.05) is 24.3 Å². The van der Waals surface area contributed by atoms with E-state index in [1.165, 1.54) is 16.7 Å². The number of carbonyl (C=O) groups excluding carboxylic acids is 1. The van der Waals surface area contributed by atoms with Crippen molar-refractivity contribution in [2.24, 2.45) is 0 Å². The van der Waals surface area contributed by atoms with Gasteiger partial charge in [-0.05, 0) is 54.8 Å². The summed E-state index contributed by atoms with van der Waals surface area (Å²) in [7, 11) is 0. The fourth-order valence-corrected chi connectivity index (χ4v) is 3.70. The first-order chi connectivity index (χ1) is 11.0. The Hall–Kier alpha value is -2.61. The standard InChI is InChI=1S/C21H18O2/c1-12-8-13(2)19(14(3)9-12)20-17-10-15-6-4-5-7-16(15)11-18(17)21(22)23-20/h4-11,20H,1-3H3. The monoisotopic (exact) mass is 302 g/mol. The Labute approximate surface area is 135 Å². The first kappa shape index (κ1) is 14.0. The van der Waals surface area contributed by atoms with Crippen molar-refractivity contribution in [3.05, 3.63) is 81.9 Å². The van der Waals surface area contributed by atoms with Crippen molar-refractivity contribution in [3.8, 4) is 0 Å². The third-order valence-electron chi connectivity index (χ3n) is 4.65. The van der Waals surface area contributed by atoms with Crippen LogP contribution in [0.4, 0.5) is 0 Å². The van der Waals surface area contributed by atoms with Crippen LogP contribution < -0.4 is 0 Å². The highest BCUT2D eigenvalue weighted by Crippen LogP contribution is 2.40. The maximum Gasteiger partial charge on any atom is 0.339 e. The molecule has 4 rings (SSSR count). The van der Waals surface area contributed by atoms with Gasteiger partial charge in [0.1, 0.15) is 0 Å². The lowest BCUT2D eigenvalue weighted by Gasteiger charge is -2.18. The zero-order chi connectivity index (χ0) is 16.1. The first-order valence-electron chi connectivity index (χ1n) is 7.86. The fraction of sp³-hybridized carbons (Fsp3) is 0.190. The molecule has 0 spiro atoms. The zero-order valence-electron chi connectivity index (χ0n) is 13.5. The van der Waals surface area contributed by atoms with Gasteiger partial charge in [-0.2, -0.15) is 0 Å². The summed E-state index contributed by atoms with van der Waals surface area (Å²) in [6.07, 6.45) is -0.303. The molecule has 3 aromatic carbocycles. The molecule has 2 nitrogen and oxygen atoms in total. The molecule has 0 radical (unpaired) electrons. The van der Waals surface area contributed by atoms with E-state index in [-0.39, 0.29) is 12.1 Å². The first-order valence-corrected chi connectivity index (χ1v) is 7.86. The Morgan fingerprint density at radius 3 is 2.13 bits per heavy atom. The number of hydrogen-bond acceptors (Lipinski definition) is 2. The average Bonchev–Trinajstić information content (AvgIpc) is 2.81. The molecule has 1 heterocycles. The van der Waals surface area contributed by atoms with E-state index in [2.05, 4.69) is 45.0 Å². The van der Waals surface area contributed by atoms with Crippen LogP contribution in [0, 0.1) is 20.8 Å². The fourth-order valence-electron chi connectivity index (χ4n) is 3.70. The third-order valence-corrected chi connectivity index (χ3v) is 4.65. The molecule has 114 valence electrons. The molecule has 1 aliphatic heterocycles. The molecule has 2 heteroatoms. The Bertz CT molecular complexity index is 930. The van der Waals surface area contributed by atoms with Crippen LogP contribution in [0.2, 0.25) is 0 Å². The second-order valence-electron chi connectivity index (χ2n) is 6.38. The van der Waals surface area contributed by atoms with Crippen LogP contribution in [-0.4, -0.2) is 5.97 Å². The van der Waals surface area contributed by atoms with Gasteiger partial charge in [0.05, 0.1) is 5.56 Å². The molecule has 0 saturated carbocycles. The van der Waals surface area contributed by atoms with Gasteiger partial charge in [0.2, 0.25) is 0 Å². The SMILES string of the molecule is Cc1cc(C)c(C2OC(=O)c3cc4ccccc4cc32)c(C)c1. The summed E-state index contributed by atoms with van der Waals surface area (Å²) in [5.74, 6) is -0.227. The molecule has 3 aromatic rings. The summed E-state index contributed by atoms with van der Waals surface area (Å²) in [4.78, 5) is 12.4. The molecule has 0 bridgehead atoms. The van der Waals surface area contributed by atoms with Gasteiger partial charge >= 0.3 is 5.97 Å². The lowest BCUT2D eigenvalue weighted by Crippen LogP contribution is -2.05. The molecule has 0 N–H and O–H groups in total. The van der Waals surface area contributed by atoms with Crippen molar-refractivity contribution in [3.63, 3.8) is 0 Å². The largest absolute Gasteiger partial charge is 0.449 e. The molecule has 1 unspecified atom stereocenters. The normalized spacial score (nSPS) is 16.5. The molecule has 23 heavy (non-hydrogen) atoms.